The van der Waals surface area contributed by atoms with Crippen molar-refractivity contribution in [2.24, 2.45) is 188 Å². The van der Waals surface area contributed by atoms with Gasteiger partial charge in [-0.25, -0.2) is 0 Å². The van der Waals surface area contributed by atoms with Gasteiger partial charge in [-0.2, -0.15) is 0 Å². The van der Waals surface area contributed by atoms with Crippen LogP contribution < -0.4 is 0 Å². The second-order valence-corrected chi connectivity index (χ2v) is 55.5. The van der Waals surface area contributed by atoms with Gasteiger partial charge >= 0.3 is 0 Å². The second-order valence-electron chi connectivity index (χ2n) is 55.5. The Bertz CT molecular complexity index is 3920. The van der Waals surface area contributed by atoms with Gasteiger partial charge in [-0.15, -0.1) is 13.2 Å². The number of hydrogen-bond acceptors (Lipinski definition) is 7. The van der Waals surface area contributed by atoms with Gasteiger partial charge in [-0.05, 0) is 386 Å². The lowest BCUT2D eigenvalue weighted by Gasteiger charge is -2.47. The van der Waals surface area contributed by atoms with E-state index in [1.165, 1.54) is 271 Å². The lowest BCUT2D eigenvalue weighted by Crippen LogP contribution is -2.38. The van der Waals surface area contributed by atoms with Gasteiger partial charge in [0.25, 0.3) is 0 Å². The molecule has 0 N–H and O–H groups in total. The molecule has 0 saturated heterocycles. The average Bonchev–Trinajstić information content (AvgIpc) is 1.44. The maximum atomic E-state index is 16.0. The highest BCUT2D eigenvalue weighted by atomic mass is 16.2. The van der Waals surface area contributed by atoms with Crippen molar-refractivity contribution in [2.45, 2.75) is 541 Å². The zero-order chi connectivity index (χ0) is 102. The second kappa shape index (κ2) is 58.5. The predicted molar refractivity (Wildman–Crippen MR) is 600 cm³/mol. The van der Waals surface area contributed by atoms with Gasteiger partial charge < -0.3 is 9.59 Å². The summed E-state index contributed by atoms with van der Waals surface area (Å²) < 4.78 is 0. The van der Waals surface area contributed by atoms with Gasteiger partial charge in [0.15, 0.2) is 0 Å². The maximum Gasteiger partial charge on any atom is 0.139 e. The van der Waals surface area contributed by atoms with Crippen molar-refractivity contribution in [3.8, 4) is 0 Å². The smallest absolute Gasteiger partial charge is 0.139 e. The number of ketones is 7. The molecule has 26 atom stereocenters. The van der Waals surface area contributed by atoms with Crippen LogP contribution >= 0.6 is 0 Å². The summed E-state index contributed by atoms with van der Waals surface area (Å²) in [5.74, 6) is 11.6. The Morgan fingerprint density at radius 1 is 0.454 bits per heavy atom. The first kappa shape index (κ1) is 119. The highest BCUT2D eigenvalue weighted by Gasteiger charge is 2.49. The molecule has 0 radical (unpaired) electrons. The van der Waals surface area contributed by atoms with Crippen LogP contribution in [0.25, 0.3) is 0 Å². The molecule has 0 aliphatic heterocycles. The summed E-state index contributed by atoms with van der Waals surface area (Å²) in [5, 5.41) is 0. The van der Waals surface area contributed by atoms with Crippen molar-refractivity contribution in [3.05, 3.63) is 72.9 Å². The molecule has 802 valence electrons. The maximum absolute atomic E-state index is 16.0. The minimum atomic E-state index is -0.762. The van der Waals surface area contributed by atoms with Gasteiger partial charge in [-0.3, -0.25) is 24.0 Å². The summed E-state index contributed by atoms with van der Waals surface area (Å²) in [6.07, 6.45) is 73.0. The van der Waals surface area contributed by atoms with Gasteiger partial charge in [0.05, 0.1) is 0 Å². The Labute approximate surface area is 870 Å². The number of carbonyl (C=O) groups excluding carboxylic acids is 7. The van der Waals surface area contributed by atoms with Gasteiger partial charge in [0.2, 0.25) is 0 Å². The van der Waals surface area contributed by atoms with E-state index in [9.17, 15) is 19.2 Å². The summed E-state index contributed by atoms with van der Waals surface area (Å²) in [6.45, 7) is 70.1. The van der Waals surface area contributed by atoms with Crippen molar-refractivity contribution < 1.29 is 33.6 Å². The first-order valence-corrected chi connectivity index (χ1v) is 61.7. The Hall–Kier alpha value is -3.87. The fourth-order valence-electron chi connectivity index (χ4n) is 33.4. The third kappa shape index (κ3) is 37.3. The molecule has 12 aliphatic rings. The van der Waals surface area contributed by atoms with Crippen LogP contribution in [-0.2, 0) is 33.6 Å². The lowest BCUT2D eigenvalue weighted by molar-refractivity contribution is -0.136. The zero-order valence-electron chi connectivity index (χ0n) is 95.5. The number of carbonyl (C=O) groups is 7. The molecule has 12 saturated carbocycles. The minimum Gasteiger partial charge on any atom is -0.300 e. The van der Waals surface area contributed by atoms with Crippen LogP contribution in [-0.4, -0.2) is 40.5 Å². The predicted octanol–water partition coefficient (Wildman–Crippen LogP) is 38.4. The Kier molecular flexibility index (Phi) is 49.4. The molecule has 0 aromatic rings. The monoisotopic (exact) mass is 1950 g/mol. The molecule has 12 aliphatic carbocycles. The van der Waals surface area contributed by atoms with Crippen LogP contribution in [0.4, 0.5) is 0 Å². The molecule has 6 bridgehead atoms. The SMILES string of the molecule is C=C(C)CCCCCC(CC(C)C1(CC(C)C(CC(=C)C2CC(=C)[C@@H](C)C3(C)CC[C@H](CCCCCC(C)C)CC(C)C(CC4CCC5C(C)CCCC45)CC(C)CCC(=C)[C@H](CC(=C)C)CC(=C)C(CC(=O)C4CCC(CCCCC5CCC(CC5)C2)CC4C(C)=O)C(C)(C)CC3)CC2CCC3CCCCC3C2)CCCCC1)C(=O)CC(CC(C)=O)C(=O)CC(CC1CCCCC1)C(=O)C(C)CC(C)=O. The lowest BCUT2D eigenvalue weighted by atomic mass is 9.58. The van der Waals surface area contributed by atoms with Crippen molar-refractivity contribution in [2.75, 3.05) is 0 Å². The molecule has 23 unspecified atom stereocenters. The summed E-state index contributed by atoms with van der Waals surface area (Å²) in [4.78, 5) is 102. The van der Waals surface area contributed by atoms with Crippen LogP contribution in [0.1, 0.15) is 541 Å². The van der Waals surface area contributed by atoms with Crippen LogP contribution in [0.3, 0.4) is 0 Å². The first-order chi connectivity index (χ1) is 67.1. The van der Waals surface area contributed by atoms with E-state index in [0.717, 1.165) is 195 Å². The van der Waals surface area contributed by atoms with E-state index in [4.69, 9.17) is 26.3 Å². The molecular formula is C134H224O7. The van der Waals surface area contributed by atoms with E-state index in [1.54, 1.807) is 13.8 Å². The molecule has 0 heterocycles. The number of unbranched alkanes of at least 4 members (excludes halogenated alkanes) is 4. The molecule has 141 heavy (non-hydrogen) atoms. The van der Waals surface area contributed by atoms with E-state index in [2.05, 4.69) is 103 Å². The number of fused-ring (bicyclic) bond motifs is 4. The summed E-state index contributed by atoms with van der Waals surface area (Å²) in [5.41, 5.74) is 7.61. The number of allylic oxidation sites excluding steroid dienone is 6. The molecule has 12 rings (SSSR count). The van der Waals surface area contributed by atoms with E-state index < -0.39 is 17.8 Å². The third-order valence-electron chi connectivity index (χ3n) is 43.0. The van der Waals surface area contributed by atoms with Crippen molar-refractivity contribution in [3.63, 3.8) is 0 Å². The Balaban J connectivity index is 1.01. The van der Waals surface area contributed by atoms with Crippen LogP contribution in [0.15, 0.2) is 72.9 Å². The quantitative estimate of drug-likeness (QED) is 0.0441. The molecule has 7 nitrogen and oxygen atoms in total. The minimum absolute atomic E-state index is 0.00584. The van der Waals surface area contributed by atoms with Crippen molar-refractivity contribution in [1.82, 2.24) is 0 Å². The van der Waals surface area contributed by atoms with Gasteiger partial charge in [0.1, 0.15) is 40.5 Å². The Morgan fingerprint density at radius 2 is 1.09 bits per heavy atom. The first-order valence-electron chi connectivity index (χ1n) is 61.7. The fourth-order valence-corrected chi connectivity index (χ4v) is 33.4. The number of hydrogen-bond donors (Lipinski definition) is 0. The molecule has 12 fully saturated rings. The molecule has 0 aromatic heterocycles. The van der Waals surface area contributed by atoms with Crippen LogP contribution in [0.5, 0.6) is 0 Å². The van der Waals surface area contributed by atoms with E-state index in [-0.39, 0.29) is 118 Å². The molecule has 0 amide bonds. The topological polar surface area (TPSA) is 119 Å². The van der Waals surface area contributed by atoms with Crippen LogP contribution in [0.2, 0.25) is 0 Å². The molecule has 0 aromatic carbocycles. The average molecular weight is 1950 g/mol. The highest BCUT2D eigenvalue weighted by molar-refractivity contribution is 5.96. The van der Waals surface area contributed by atoms with Gasteiger partial charge in [-0.1, -0.05) is 335 Å². The van der Waals surface area contributed by atoms with Gasteiger partial charge in [0, 0.05) is 67.6 Å². The summed E-state index contributed by atoms with van der Waals surface area (Å²) >= 11 is 0. The zero-order valence-corrected chi connectivity index (χ0v) is 95.5. The van der Waals surface area contributed by atoms with E-state index in [1.807, 2.05) is 13.8 Å². The van der Waals surface area contributed by atoms with Crippen molar-refractivity contribution >= 4 is 40.5 Å². The summed E-state index contributed by atoms with van der Waals surface area (Å²) in [7, 11) is 0. The third-order valence-corrected chi connectivity index (χ3v) is 43.0. The molecular weight excluding hydrogens is 1720 g/mol. The highest BCUT2D eigenvalue weighted by Crippen LogP contribution is 2.58. The number of Topliss-reactive ketones (excluding diaryl/α,β-unsaturated/α-hetero) is 7. The van der Waals surface area contributed by atoms with E-state index in [0.29, 0.717) is 83.7 Å². The molecule has 7 heteroatoms. The van der Waals surface area contributed by atoms with Crippen molar-refractivity contribution in [1.29, 1.82) is 0 Å². The Morgan fingerprint density at radius 3 is 1.78 bits per heavy atom. The standard InChI is InChI=1S/C134H224O7/c1-90(2)41-28-24-30-47-110-65-68-133(23)70-69-132(21,22)127(99(13)77-117(71-92(5)6)94(8)54-53-93(7)72-118(97(11)74-110)85-115-62-64-123-95(9)43-40-52-124(115)123)88-130(140)125-63-60-109(84-126(125)106(20)137)48-35-34-44-107-55-57-111(58-56-107)80-119(75-96(10)105(133)19)98(12)76-120(83-112-59-61-113-49-36-37-50-114(113)82-112)101(15)89-134(66-38-27-39-67-134)102(16)78-116(51-33-25-29-42-91(3)4)128(138)86-121(79-104(18)136)129(139)87-122(81-108-45-31-26-32-46-108)131(141)100(14)73-103(17)135/h90,93,95,97,100-102,105,107-127H,3,5,8,10,12-13,24-89H2,1-2,4,6-7,9,11,14-23H3/t93?,95?,97?,100?,101?,102?,105-,107?,109?,110+,111?,112?,113?,114?,115?,116?,117-,118?,119?,120?,121?,122?,123?,124?,125?,126?,127?,133?/m1/s1. The largest absolute Gasteiger partial charge is 0.300 e. The normalized spacial score (nSPS) is 33.5. The fraction of sp³-hybridized carbons (Fsp3) is 0.858. The number of rotatable bonds is 42. The molecule has 0 spiro atoms. The summed E-state index contributed by atoms with van der Waals surface area (Å²) in [6, 6.07) is 0. The van der Waals surface area contributed by atoms with E-state index >= 15 is 14.4 Å². The van der Waals surface area contributed by atoms with Crippen LogP contribution in [0, 0.1) is 188 Å².